The maximum atomic E-state index is 13.1. The van der Waals surface area contributed by atoms with E-state index >= 15 is 0 Å². The summed E-state index contributed by atoms with van der Waals surface area (Å²) in [6.07, 6.45) is 0.990. The Morgan fingerprint density at radius 2 is 1.96 bits per heavy atom. The highest BCUT2D eigenvalue weighted by atomic mass is 32.1. The minimum Gasteiger partial charge on any atom is -0.337 e. The summed E-state index contributed by atoms with van der Waals surface area (Å²) in [5.41, 5.74) is 5.82. The SMILES string of the molecule is CC1CCN(C(=O)c2cccc(-c3cscn3)c2)CCN1Cc1ccccc1. The predicted octanol–water partition coefficient (Wildman–Crippen LogP) is 4.55. The van der Waals surface area contributed by atoms with Crippen LogP contribution in [0.25, 0.3) is 11.3 Å². The van der Waals surface area contributed by atoms with Gasteiger partial charge in [0.05, 0.1) is 11.2 Å². The van der Waals surface area contributed by atoms with Gasteiger partial charge in [-0.25, -0.2) is 4.98 Å². The van der Waals surface area contributed by atoms with Crippen LogP contribution in [-0.4, -0.2) is 46.4 Å². The van der Waals surface area contributed by atoms with Crippen molar-refractivity contribution in [2.24, 2.45) is 0 Å². The fourth-order valence-electron chi connectivity index (χ4n) is 3.71. The maximum Gasteiger partial charge on any atom is 0.253 e. The van der Waals surface area contributed by atoms with Gasteiger partial charge in [-0.3, -0.25) is 9.69 Å². The third-order valence-electron chi connectivity index (χ3n) is 5.45. The molecule has 0 radical (unpaired) electrons. The first-order valence-corrected chi connectivity index (χ1v) is 10.7. The summed E-state index contributed by atoms with van der Waals surface area (Å²) in [7, 11) is 0. The molecule has 1 aliphatic rings. The molecule has 1 aromatic heterocycles. The Morgan fingerprint density at radius 3 is 2.75 bits per heavy atom. The largest absolute Gasteiger partial charge is 0.337 e. The number of thiazole rings is 1. The quantitative estimate of drug-likeness (QED) is 0.655. The second-order valence-corrected chi connectivity index (χ2v) is 8.06. The van der Waals surface area contributed by atoms with Crippen LogP contribution in [0.1, 0.15) is 29.3 Å². The molecule has 1 fully saturated rings. The van der Waals surface area contributed by atoms with Crippen LogP contribution in [0.3, 0.4) is 0 Å². The Labute approximate surface area is 170 Å². The number of amides is 1. The molecule has 144 valence electrons. The average Bonchev–Trinajstić information content (AvgIpc) is 3.22. The smallest absolute Gasteiger partial charge is 0.253 e. The van der Waals surface area contributed by atoms with Gasteiger partial charge in [-0.15, -0.1) is 11.3 Å². The Hall–Kier alpha value is -2.50. The number of carbonyl (C=O) groups excluding carboxylic acids is 1. The number of nitrogens with zero attached hydrogens (tertiary/aromatic N) is 3. The van der Waals surface area contributed by atoms with Gasteiger partial charge in [0.15, 0.2) is 0 Å². The molecule has 0 aliphatic carbocycles. The van der Waals surface area contributed by atoms with Gasteiger partial charge in [-0.2, -0.15) is 0 Å². The van der Waals surface area contributed by atoms with Crippen LogP contribution in [0, 0.1) is 0 Å². The minimum absolute atomic E-state index is 0.117. The van der Waals surface area contributed by atoms with Gasteiger partial charge in [-0.1, -0.05) is 42.5 Å². The molecule has 0 bridgehead atoms. The highest BCUT2D eigenvalue weighted by molar-refractivity contribution is 7.07. The number of hydrogen-bond acceptors (Lipinski definition) is 4. The zero-order valence-electron chi connectivity index (χ0n) is 16.1. The molecule has 5 heteroatoms. The van der Waals surface area contributed by atoms with E-state index in [0.29, 0.717) is 6.04 Å². The summed E-state index contributed by atoms with van der Waals surface area (Å²) in [5, 5.41) is 2.01. The van der Waals surface area contributed by atoms with E-state index in [4.69, 9.17) is 0 Å². The number of hydrogen-bond donors (Lipinski definition) is 0. The highest BCUT2D eigenvalue weighted by Crippen LogP contribution is 2.22. The van der Waals surface area contributed by atoms with E-state index in [1.807, 2.05) is 40.1 Å². The maximum absolute atomic E-state index is 13.1. The van der Waals surface area contributed by atoms with Crippen molar-refractivity contribution >= 4 is 17.2 Å². The molecule has 3 aromatic rings. The molecule has 4 rings (SSSR count). The molecule has 2 aromatic carbocycles. The van der Waals surface area contributed by atoms with Gasteiger partial charge >= 0.3 is 0 Å². The monoisotopic (exact) mass is 391 g/mol. The Morgan fingerprint density at radius 1 is 1.11 bits per heavy atom. The van der Waals surface area contributed by atoms with E-state index in [9.17, 15) is 4.79 Å². The minimum atomic E-state index is 0.117. The lowest BCUT2D eigenvalue weighted by Crippen LogP contribution is -2.36. The van der Waals surface area contributed by atoms with Crippen LogP contribution in [0.5, 0.6) is 0 Å². The summed E-state index contributed by atoms with van der Waals surface area (Å²) in [6, 6.07) is 18.9. The third-order valence-corrected chi connectivity index (χ3v) is 6.04. The van der Waals surface area contributed by atoms with Crippen molar-refractivity contribution in [2.75, 3.05) is 19.6 Å². The number of aromatic nitrogens is 1. The van der Waals surface area contributed by atoms with Gasteiger partial charge in [0.25, 0.3) is 5.91 Å². The molecule has 1 aliphatic heterocycles. The molecular formula is C23H25N3OS. The van der Waals surface area contributed by atoms with Gasteiger partial charge in [0, 0.05) is 48.7 Å². The van der Waals surface area contributed by atoms with Crippen LogP contribution >= 0.6 is 11.3 Å². The molecule has 4 nitrogen and oxygen atoms in total. The van der Waals surface area contributed by atoms with E-state index in [-0.39, 0.29) is 5.91 Å². The highest BCUT2D eigenvalue weighted by Gasteiger charge is 2.24. The summed E-state index contributed by atoms with van der Waals surface area (Å²) in [6.45, 7) is 5.65. The Bertz CT molecular complexity index is 911. The summed E-state index contributed by atoms with van der Waals surface area (Å²) in [5.74, 6) is 0.117. The topological polar surface area (TPSA) is 36.4 Å². The fraction of sp³-hybridized carbons (Fsp3) is 0.304. The molecule has 0 saturated carbocycles. The molecular weight excluding hydrogens is 366 g/mol. The van der Waals surface area contributed by atoms with Crippen molar-refractivity contribution in [1.29, 1.82) is 0 Å². The number of carbonyl (C=O) groups is 1. The third kappa shape index (κ3) is 4.32. The van der Waals surface area contributed by atoms with E-state index in [2.05, 4.69) is 47.1 Å². The van der Waals surface area contributed by atoms with E-state index in [1.54, 1.807) is 11.3 Å². The lowest BCUT2D eigenvalue weighted by atomic mass is 10.1. The summed E-state index contributed by atoms with van der Waals surface area (Å²) >= 11 is 1.57. The summed E-state index contributed by atoms with van der Waals surface area (Å²) in [4.78, 5) is 22.0. The predicted molar refractivity (Wildman–Crippen MR) is 114 cm³/mol. The molecule has 2 heterocycles. The number of rotatable bonds is 4. The number of benzene rings is 2. The van der Waals surface area contributed by atoms with Gasteiger partial charge in [0.1, 0.15) is 0 Å². The van der Waals surface area contributed by atoms with Crippen molar-refractivity contribution in [1.82, 2.24) is 14.8 Å². The first kappa shape index (κ1) is 18.8. The van der Waals surface area contributed by atoms with Crippen LogP contribution < -0.4 is 0 Å². The summed E-state index contributed by atoms with van der Waals surface area (Å²) < 4.78 is 0. The van der Waals surface area contributed by atoms with E-state index in [1.165, 1.54) is 5.56 Å². The molecule has 1 amide bonds. The molecule has 1 unspecified atom stereocenters. The van der Waals surface area contributed by atoms with E-state index < -0.39 is 0 Å². The lowest BCUT2D eigenvalue weighted by Gasteiger charge is -2.26. The average molecular weight is 392 g/mol. The zero-order valence-corrected chi connectivity index (χ0v) is 16.9. The Kier molecular flexibility index (Phi) is 5.84. The van der Waals surface area contributed by atoms with Gasteiger partial charge in [-0.05, 0) is 31.0 Å². The second kappa shape index (κ2) is 8.67. The van der Waals surface area contributed by atoms with E-state index in [0.717, 1.165) is 49.4 Å². The van der Waals surface area contributed by atoms with Crippen molar-refractivity contribution in [3.8, 4) is 11.3 Å². The van der Waals surface area contributed by atoms with Crippen molar-refractivity contribution in [2.45, 2.75) is 25.9 Å². The first-order valence-electron chi connectivity index (χ1n) is 9.76. The molecule has 1 atom stereocenters. The first-order chi connectivity index (χ1) is 13.7. The Balaban J connectivity index is 1.45. The molecule has 0 N–H and O–H groups in total. The zero-order chi connectivity index (χ0) is 19.3. The van der Waals surface area contributed by atoms with Crippen LogP contribution in [0.2, 0.25) is 0 Å². The standard InChI is InChI=1S/C23H25N3OS/c1-18-10-11-25(12-13-26(18)15-19-6-3-2-4-7-19)23(27)21-9-5-8-20(14-21)22-16-28-17-24-22/h2-9,14,16-18H,10-13,15H2,1H3. The van der Waals surface area contributed by atoms with Crippen molar-refractivity contribution in [3.63, 3.8) is 0 Å². The molecule has 1 saturated heterocycles. The molecule has 28 heavy (non-hydrogen) atoms. The van der Waals surface area contributed by atoms with Gasteiger partial charge in [0.2, 0.25) is 0 Å². The van der Waals surface area contributed by atoms with Gasteiger partial charge < -0.3 is 4.90 Å². The van der Waals surface area contributed by atoms with Crippen LogP contribution in [0.15, 0.2) is 65.5 Å². The fourth-order valence-corrected chi connectivity index (χ4v) is 4.27. The normalized spacial score (nSPS) is 18.0. The lowest BCUT2D eigenvalue weighted by molar-refractivity contribution is 0.0761. The molecule has 0 spiro atoms. The second-order valence-electron chi connectivity index (χ2n) is 7.34. The van der Waals surface area contributed by atoms with Crippen molar-refractivity contribution in [3.05, 3.63) is 76.6 Å². The van der Waals surface area contributed by atoms with Crippen LogP contribution in [0.4, 0.5) is 0 Å². The van der Waals surface area contributed by atoms with Crippen LogP contribution in [-0.2, 0) is 6.54 Å². The van der Waals surface area contributed by atoms with Crippen molar-refractivity contribution < 1.29 is 4.79 Å².